The first-order valence-corrected chi connectivity index (χ1v) is 10.0. The Kier molecular flexibility index (Phi) is 8.12. The zero-order valence-corrected chi connectivity index (χ0v) is 18.2. The highest BCUT2D eigenvalue weighted by molar-refractivity contribution is 9.11. The lowest BCUT2D eigenvalue weighted by molar-refractivity contribution is -0.118. The summed E-state index contributed by atoms with van der Waals surface area (Å²) in [6.45, 7) is 4.39. The van der Waals surface area contributed by atoms with Crippen LogP contribution in [0, 0.1) is 6.92 Å². The number of carbonyl (C=O) groups excluding carboxylic acids is 2. The Morgan fingerprint density at radius 2 is 1.78 bits per heavy atom. The van der Waals surface area contributed by atoms with E-state index in [4.69, 9.17) is 4.74 Å². The molecular formula is C19H21Br2N3O3. The van der Waals surface area contributed by atoms with E-state index in [1.165, 1.54) is 0 Å². The van der Waals surface area contributed by atoms with E-state index in [0.717, 1.165) is 20.9 Å². The number of aryl methyl sites for hydroxylation is 1. The van der Waals surface area contributed by atoms with Gasteiger partial charge >= 0.3 is 6.03 Å². The molecule has 0 bridgehead atoms. The quantitative estimate of drug-likeness (QED) is 0.498. The van der Waals surface area contributed by atoms with E-state index in [0.29, 0.717) is 23.7 Å². The molecule has 0 radical (unpaired) electrons. The standard InChI is InChI=1S/C19H21Br2N3O3/c1-3-7-22-19(26)23-13-5-4-6-14(10-13)27-11-17(25)24-18-15(20)8-12(2)9-16(18)21/h4-6,8-10H,3,7,11H2,1-2H3,(H,24,25)(H2,22,23,26). The van der Waals surface area contributed by atoms with Gasteiger partial charge in [-0.15, -0.1) is 0 Å². The molecule has 8 heteroatoms. The number of anilines is 2. The number of carbonyl (C=O) groups is 2. The monoisotopic (exact) mass is 497 g/mol. The van der Waals surface area contributed by atoms with E-state index in [1.54, 1.807) is 24.3 Å². The molecule has 27 heavy (non-hydrogen) atoms. The zero-order chi connectivity index (χ0) is 19.8. The number of rotatable bonds is 7. The molecule has 2 aromatic rings. The van der Waals surface area contributed by atoms with Gasteiger partial charge in [-0.25, -0.2) is 4.79 Å². The van der Waals surface area contributed by atoms with Crippen LogP contribution in [0.3, 0.4) is 0 Å². The van der Waals surface area contributed by atoms with Crippen molar-refractivity contribution in [1.82, 2.24) is 5.32 Å². The highest BCUT2D eigenvalue weighted by Gasteiger charge is 2.11. The highest BCUT2D eigenvalue weighted by Crippen LogP contribution is 2.32. The van der Waals surface area contributed by atoms with Crippen LogP contribution in [0.2, 0.25) is 0 Å². The minimum atomic E-state index is -0.292. The van der Waals surface area contributed by atoms with Crippen molar-refractivity contribution in [3.63, 3.8) is 0 Å². The number of urea groups is 1. The normalized spacial score (nSPS) is 10.2. The molecule has 0 aromatic heterocycles. The summed E-state index contributed by atoms with van der Waals surface area (Å²) in [7, 11) is 0. The van der Waals surface area contributed by atoms with Crippen LogP contribution in [0.25, 0.3) is 0 Å². The van der Waals surface area contributed by atoms with Crippen LogP contribution in [0.1, 0.15) is 18.9 Å². The second kappa shape index (κ2) is 10.3. The molecule has 0 aliphatic heterocycles. The van der Waals surface area contributed by atoms with Crippen LogP contribution in [0.4, 0.5) is 16.2 Å². The summed E-state index contributed by atoms with van der Waals surface area (Å²) >= 11 is 6.88. The Hall–Kier alpha value is -2.06. The summed E-state index contributed by atoms with van der Waals surface area (Å²) in [5, 5.41) is 8.26. The van der Waals surface area contributed by atoms with Crippen molar-refractivity contribution in [3.05, 3.63) is 50.9 Å². The number of ether oxygens (including phenoxy) is 1. The molecule has 0 aliphatic rings. The molecular weight excluding hydrogens is 478 g/mol. The molecule has 3 N–H and O–H groups in total. The van der Waals surface area contributed by atoms with Gasteiger partial charge in [0.2, 0.25) is 0 Å². The van der Waals surface area contributed by atoms with E-state index < -0.39 is 0 Å². The second-order valence-corrected chi connectivity index (χ2v) is 7.56. The lowest BCUT2D eigenvalue weighted by Gasteiger charge is -2.12. The van der Waals surface area contributed by atoms with Crippen LogP contribution in [-0.2, 0) is 4.79 Å². The second-order valence-electron chi connectivity index (χ2n) is 5.85. The third-order valence-corrected chi connectivity index (χ3v) is 4.70. The average molecular weight is 499 g/mol. The van der Waals surface area contributed by atoms with Crippen LogP contribution >= 0.6 is 31.9 Å². The van der Waals surface area contributed by atoms with Gasteiger partial charge in [-0.3, -0.25) is 4.79 Å². The van der Waals surface area contributed by atoms with Gasteiger partial charge in [-0.1, -0.05) is 13.0 Å². The summed E-state index contributed by atoms with van der Waals surface area (Å²) in [5.74, 6) is 0.194. The van der Waals surface area contributed by atoms with Gasteiger partial charge < -0.3 is 20.7 Å². The number of hydrogen-bond donors (Lipinski definition) is 3. The van der Waals surface area contributed by atoms with Gasteiger partial charge in [0, 0.05) is 27.2 Å². The number of benzene rings is 2. The van der Waals surface area contributed by atoms with Crippen molar-refractivity contribution in [2.24, 2.45) is 0 Å². The predicted octanol–water partition coefficient (Wildman–Crippen LogP) is 5.07. The van der Waals surface area contributed by atoms with Crippen molar-refractivity contribution in [3.8, 4) is 5.75 Å². The summed E-state index contributed by atoms with van der Waals surface area (Å²) in [4.78, 5) is 23.9. The summed E-state index contributed by atoms with van der Waals surface area (Å²) in [6, 6.07) is 10.4. The fourth-order valence-corrected chi connectivity index (χ4v) is 3.83. The number of hydrogen-bond acceptors (Lipinski definition) is 3. The summed E-state index contributed by atoms with van der Waals surface area (Å²) < 4.78 is 7.10. The molecule has 144 valence electrons. The molecule has 0 saturated heterocycles. The van der Waals surface area contributed by atoms with Gasteiger partial charge in [-0.05, 0) is 75.0 Å². The first kappa shape index (κ1) is 21.2. The molecule has 0 spiro atoms. The van der Waals surface area contributed by atoms with Crippen LogP contribution in [0.15, 0.2) is 45.3 Å². The van der Waals surface area contributed by atoms with Crippen molar-refractivity contribution >= 4 is 55.2 Å². The summed E-state index contributed by atoms with van der Waals surface area (Å²) in [5.41, 5.74) is 2.30. The highest BCUT2D eigenvalue weighted by atomic mass is 79.9. The maximum Gasteiger partial charge on any atom is 0.319 e. The first-order valence-electron chi connectivity index (χ1n) is 8.42. The SMILES string of the molecule is CCCNC(=O)Nc1cccc(OCC(=O)Nc2c(Br)cc(C)cc2Br)c1. The zero-order valence-electron chi connectivity index (χ0n) is 15.1. The summed E-state index contributed by atoms with van der Waals surface area (Å²) in [6.07, 6.45) is 0.860. The molecule has 0 unspecified atom stereocenters. The maximum absolute atomic E-state index is 12.2. The van der Waals surface area contributed by atoms with Crippen molar-refractivity contribution in [2.45, 2.75) is 20.3 Å². The Morgan fingerprint density at radius 1 is 1.07 bits per heavy atom. The molecule has 2 rings (SSSR count). The average Bonchev–Trinajstić information content (AvgIpc) is 2.61. The molecule has 0 aliphatic carbocycles. The Labute approximate surface area is 175 Å². The lowest BCUT2D eigenvalue weighted by atomic mass is 10.2. The molecule has 0 fully saturated rings. The van der Waals surface area contributed by atoms with Gasteiger partial charge in [0.15, 0.2) is 6.61 Å². The first-order chi connectivity index (χ1) is 12.9. The van der Waals surface area contributed by atoms with Crippen LogP contribution in [0.5, 0.6) is 5.75 Å². The number of amides is 3. The topological polar surface area (TPSA) is 79.5 Å². The Balaban J connectivity index is 1.92. The van der Waals surface area contributed by atoms with E-state index >= 15 is 0 Å². The third kappa shape index (κ3) is 6.88. The van der Waals surface area contributed by atoms with Crippen LogP contribution in [-0.4, -0.2) is 25.1 Å². The molecule has 3 amide bonds. The smallest absolute Gasteiger partial charge is 0.319 e. The third-order valence-electron chi connectivity index (χ3n) is 3.45. The lowest BCUT2D eigenvalue weighted by Crippen LogP contribution is -2.29. The van der Waals surface area contributed by atoms with Crippen molar-refractivity contribution in [2.75, 3.05) is 23.8 Å². The fraction of sp³-hybridized carbons (Fsp3) is 0.263. The molecule has 0 saturated carbocycles. The van der Waals surface area contributed by atoms with E-state index in [9.17, 15) is 9.59 Å². The van der Waals surface area contributed by atoms with Gasteiger partial charge in [0.25, 0.3) is 5.91 Å². The molecule has 0 atom stereocenters. The minimum absolute atomic E-state index is 0.155. The largest absolute Gasteiger partial charge is 0.484 e. The van der Waals surface area contributed by atoms with Gasteiger partial charge in [0.1, 0.15) is 5.75 Å². The van der Waals surface area contributed by atoms with Gasteiger partial charge in [0.05, 0.1) is 5.69 Å². The molecule has 2 aromatic carbocycles. The molecule has 6 nitrogen and oxygen atoms in total. The van der Waals surface area contributed by atoms with Crippen molar-refractivity contribution in [1.29, 1.82) is 0 Å². The maximum atomic E-state index is 12.2. The Morgan fingerprint density at radius 3 is 2.44 bits per heavy atom. The van der Waals surface area contributed by atoms with E-state index in [2.05, 4.69) is 47.8 Å². The van der Waals surface area contributed by atoms with E-state index in [1.807, 2.05) is 26.0 Å². The number of nitrogens with one attached hydrogen (secondary N) is 3. The van der Waals surface area contributed by atoms with Gasteiger partial charge in [-0.2, -0.15) is 0 Å². The predicted molar refractivity (Wildman–Crippen MR) is 114 cm³/mol. The molecule has 0 heterocycles. The number of halogens is 2. The van der Waals surface area contributed by atoms with E-state index in [-0.39, 0.29) is 18.5 Å². The van der Waals surface area contributed by atoms with Crippen molar-refractivity contribution < 1.29 is 14.3 Å². The van der Waals surface area contributed by atoms with Crippen LogP contribution < -0.4 is 20.7 Å². The fourth-order valence-electron chi connectivity index (χ4n) is 2.22. The Bertz CT molecular complexity index is 805. The minimum Gasteiger partial charge on any atom is -0.484 e.